The van der Waals surface area contributed by atoms with Gasteiger partial charge >= 0.3 is 0 Å². The first kappa shape index (κ1) is 15.1. The second-order valence-corrected chi connectivity index (χ2v) is 7.20. The highest BCUT2D eigenvalue weighted by molar-refractivity contribution is 5.84. The maximum absolute atomic E-state index is 14.5. The molecule has 1 aliphatic rings. The first-order valence-electron chi connectivity index (χ1n) is 8.31. The number of hydrogen-bond acceptors (Lipinski definition) is 0. The second-order valence-electron chi connectivity index (χ2n) is 7.20. The Balaban J connectivity index is 2.04. The van der Waals surface area contributed by atoms with E-state index in [1.807, 2.05) is 12.1 Å². The Bertz CT molecular complexity index is 970. The van der Waals surface area contributed by atoms with Gasteiger partial charge in [-0.15, -0.1) is 0 Å². The van der Waals surface area contributed by atoms with Gasteiger partial charge in [-0.3, -0.25) is 0 Å². The standard InChI is InChI=1S/C22H21FN/c1-14-12-18-17(13-16(14)20-10-5-6-11-24(20)4)15-8-7-9-19(23)21(15)22(18,2)3/h5-13H,1-4H3/q+1. The molecule has 3 aromatic rings. The Kier molecular flexibility index (Phi) is 3.14. The molecule has 0 saturated heterocycles. The summed E-state index contributed by atoms with van der Waals surface area (Å²) in [5.41, 5.74) is 7.48. The predicted molar refractivity (Wildman–Crippen MR) is 95.3 cm³/mol. The molecule has 1 heterocycles. The van der Waals surface area contributed by atoms with Gasteiger partial charge < -0.3 is 0 Å². The van der Waals surface area contributed by atoms with Gasteiger partial charge in [0, 0.05) is 28.7 Å². The van der Waals surface area contributed by atoms with Gasteiger partial charge in [-0.1, -0.05) is 32.0 Å². The molecule has 1 nitrogen and oxygen atoms in total. The third-order valence-corrected chi connectivity index (χ3v) is 5.30. The Hall–Kier alpha value is -2.48. The van der Waals surface area contributed by atoms with Gasteiger partial charge in [0.2, 0.25) is 5.69 Å². The van der Waals surface area contributed by atoms with Crippen molar-refractivity contribution in [2.45, 2.75) is 26.2 Å². The lowest BCUT2D eigenvalue weighted by atomic mass is 9.81. The van der Waals surface area contributed by atoms with Crippen LogP contribution in [0.2, 0.25) is 0 Å². The Labute approximate surface area is 142 Å². The number of rotatable bonds is 1. The number of pyridine rings is 1. The summed E-state index contributed by atoms with van der Waals surface area (Å²) in [4.78, 5) is 0. The number of benzene rings is 2. The van der Waals surface area contributed by atoms with Crippen LogP contribution in [-0.2, 0) is 12.5 Å². The normalized spacial score (nSPS) is 14.4. The lowest BCUT2D eigenvalue weighted by molar-refractivity contribution is -0.660. The zero-order valence-corrected chi connectivity index (χ0v) is 14.5. The summed E-state index contributed by atoms with van der Waals surface area (Å²) in [6.07, 6.45) is 2.06. The maximum Gasteiger partial charge on any atom is 0.212 e. The van der Waals surface area contributed by atoms with Crippen molar-refractivity contribution < 1.29 is 8.96 Å². The summed E-state index contributed by atoms with van der Waals surface area (Å²) in [6.45, 7) is 6.36. The van der Waals surface area contributed by atoms with Crippen molar-refractivity contribution in [3.05, 3.63) is 77.2 Å². The average molecular weight is 318 g/mol. The van der Waals surface area contributed by atoms with E-state index in [4.69, 9.17) is 0 Å². The van der Waals surface area contributed by atoms with Crippen LogP contribution in [-0.4, -0.2) is 0 Å². The summed E-state index contributed by atoms with van der Waals surface area (Å²) in [7, 11) is 2.06. The number of halogens is 1. The van der Waals surface area contributed by atoms with E-state index in [1.165, 1.54) is 22.4 Å². The van der Waals surface area contributed by atoms with Crippen molar-refractivity contribution in [3.63, 3.8) is 0 Å². The van der Waals surface area contributed by atoms with E-state index >= 15 is 0 Å². The monoisotopic (exact) mass is 318 g/mol. The van der Waals surface area contributed by atoms with Gasteiger partial charge in [-0.05, 0) is 47.4 Å². The van der Waals surface area contributed by atoms with Crippen LogP contribution >= 0.6 is 0 Å². The third kappa shape index (κ3) is 1.96. The maximum atomic E-state index is 14.5. The summed E-state index contributed by atoms with van der Waals surface area (Å²) in [5, 5.41) is 0. The first-order valence-corrected chi connectivity index (χ1v) is 8.31. The molecular formula is C22H21FN+. The molecule has 1 aromatic heterocycles. The van der Waals surface area contributed by atoms with Crippen LogP contribution in [0.15, 0.2) is 54.7 Å². The van der Waals surface area contributed by atoms with Gasteiger partial charge in [0.1, 0.15) is 12.9 Å². The van der Waals surface area contributed by atoms with E-state index in [9.17, 15) is 4.39 Å². The molecule has 1 aliphatic carbocycles. The molecule has 0 unspecified atom stereocenters. The van der Waals surface area contributed by atoms with Crippen molar-refractivity contribution in [1.82, 2.24) is 0 Å². The SMILES string of the molecule is Cc1cc2c(cc1-c1cccc[n+]1C)-c1cccc(F)c1C2(C)C. The summed E-state index contributed by atoms with van der Waals surface area (Å²) < 4.78 is 16.7. The van der Waals surface area contributed by atoms with Crippen LogP contribution in [0, 0.1) is 12.7 Å². The molecule has 0 radical (unpaired) electrons. The first-order chi connectivity index (χ1) is 11.4. The van der Waals surface area contributed by atoms with Gasteiger partial charge in [0.25, 0.3) is 0 Å². The van der Waals surface area contributed by atoms with Crippen LogP contribution in [0.4, 0.5) is 4.39 Å². The Morgan fingerprint density at radius 2 is 1.71 bits per heavy atom. The smallest absolute Gasteiger partial charge is 0.207 e. The summed E-state index contributed by atoms with van der Waals surface area (Å²) >= 11 is 0. The largest absolute Gasteiger partial charge is 0.212 e. The molecule has 0 fully saturated rings. The van der Waals surface area contributed by atoms with Crippen LogP contribution in [0.3, 0.4) is 0 Å². The van der Waals surface area contributed by atoms with Gasteiger partial charge in [0.05, 0.1) is 0 Å². The van der Waals surface area contributed by atoms with Crippen LogP contribution in [0.1, 0.15) is 30.5 Å². The molecule has 0 saturated carbocycles. The van der Waals surface area contributed by atoms with Gasteiger partial charge in [-0.25, -0.2) is 8.96 Å². The summed E-state index contributed by atoms with van der Waals surface area (Å²) in [6, 6.07) is 16.1. The minimum atomic E-state index is -0.307. The predicted octanol–water partition coefficient (Wildman–Crippen LogP) is 4.93. The fourth-order valence-corrected chi connectivity index (χ4v) is 4.05. The quantitative estimate of drug-likeness (QED) is 0.560. The Morgan fingerprint density at radius 1 is 0.917 bits per heavy atom. The second kappa shape index (κ2) is 5.01. The molecule has 24 heavy (non-hydrogen) atoms. The number of hydrogen-bond donors (Lipinski definition) is 0. The molecule has 0 spiro atoms. The van der Waals surface area contributed by atoms with Crippen LogP contribution < -0.4 is 4.57 Å². The molecule has 4 rings (SSSR count). The molecule has 0 bridgehead atoms. The molecule has 0 aliphatic heterocycles. The van der Waals surface area contributed by atoms with E-state index in [-0.39, 0.29) is 11.2 Å². The van der Waals surface area contributed by atoms with Crippen molar-refractivity contribution in [2.24, 2.45) is 7.05 Å². The lowest BCUT2D eigenvalue weighted by Gasteiger charge is -2.22. The number of aromatic nitrogens is 1. The number of aryl methyl sites for hydroxylation is 2. The van der Waals surface area contributed by atoms with E-state index in [0.717, 1.165) is 16.7 Å². The van der Waals surface area contributed by atoms with E-state index in [0.29, 0.717) is 0 Å². The molecule has 120 valence electrons. The Morgan fingerprint density at radius 3 is 2.46 bits per heavy atom. The highest BCUT2D eigenvalue weighted by atomic mass is 19.1. The average Bonchev–Trinajstić information content (AvgIpc) is 2.76. The minimum Gasteiger partial charge on any atom is -0.207 e. The molecular weight excluding hydrogens is 297 g/mol. The highest BCUT2D eigenvalue weighted by Gasteiger charge is 2.38. The summed E-state index contributed by atoms with van der Waals surface area (Å²) in [5.74, 6) is -0.113. The minimum absolute atomic E-state index is 0.113. The van der Waals surface area contributed by atoms with Crippen molar-refractivity contribution in [3.8, 4) is 22.4 Å². The van der Waals surface area contributed by atoms with Crippen LogP contribution in [0.25, 0.3) is 22.4 Å². The van der Waals surface area contributed by atoms with Gasteiger partial charge in [-0.2, -0.15) is 0 Å². The van der Waals surface area contributed by atoms with Crippen molar-refractivity contribution in [1.29, 1.82) is 0 Å². The fraction of sp³-hybridized carbons (Fsp3) is 0.227. The highest BCUT2D eigenvalue weighted by Crippen LogP contribution is 2.50. The molecule has 2 heteroatoms. The molecule has 0 N–H and O–H groups in total. The van der Waals surface area contributed by atoms with E-state index in [2.05, 4.69) is 62.8 Å². The van der Waals surface area contributed by atoms with Crippen LogP contribution in [0.5, 0.6) is 0 Å². The zero-order chi connectivity index (χ0) is 17.1. The van der Waals surface area contributed by atoms with E-state index < -0.39 is 0 Å². The van der Waals surface area contributed by atoms with Gasteiger partial charge in [0.15, 0.2) is 6.20 Å². The third-order valence-electron chi connectivity index (χ3n) is 5.30. The molecule has 0 atom stereocenters. The topological polar surface area (TPSA) is 3.88 Å². The lowest BCUT2D eigenvalue weighted by Crippen LogP contribution is -2.30. The van der Waals surface area contributed by atoms with Crippen molar-refractivity contribution in [2.75, 3.05) is 0 Å². The fourth-order valence-electron chi connectivity index (χ4n) is 4.05. The van der Waals surface area contributed by atoms with Crippen molar-refractivity contribution >= 4 is 0 Å². The molecule has 0 amide bonds. The van der Waals surface area contributed by atoms with E-state index in [1.54, 1.807) is 12.1 Å². The number of fused-ring (bicyclic) bond motifs is 3. The number of nitrogens with zero attached hydrogens (tertiary/aromatic N) is 1. The zero-order valence-electron chi connectivity index (χ0n) is 14.5. The molecule has 2 aromatic carbocycles.